The molecule has 6 nitrogen and oxygen atoms in total. The summed E-state index contributed by atoms with van der Waals surface area (Å²) in [7, 11) is 0. The van der Waals surface area contributed by atoms with Gasteiger partial charge in [-0.2, -0.15) is 5.26 Å². The second kappa shape index (κ2) is 9.57. The van der Waals surface area contributed by atoms with E-state index in [4.69, 9.17) is 11.6 Å². The van der Waals surface area contributed by atoms with E-state index < -0.39 is 5.25 Å². The van der Waals surface area contributed by atoms with Crippen LogP contribution in [0.2, 0.25) is 5.02 Å². The minimum absolute atomic E-state index is 0.208. The first-order valence-corrected chi connectivity index (χ1v) is 11.8. The highest BCUT2D eigenvalue weighted by Crippen LogP contribution is 2.32. The molecule has 0 aliphatic rings. The summed E-state index contributed by atoms with van der Waals surface area (Å²) in [5.41, 5.74) is 3.35. The lowest BCUT2D eigenvalue weighted by molar-refractivity contribution is -0.115. The van der Waals surface area contributed by atoms with Crippen LogP contribution in [0.3, 0.4) is 0 Å². The van der Waals surface area contributed by atoms with Crippen molar-refractivity contribution in [3.63, 3.8) is 0 Å². The molecule has 0 spiro atoms. The number of hydrogen-bond acceptors (Lipinski definition) is 6. The first-order valence-electron chi connectivity index (χ1n) is 9.70. The lowest BCUT2D eigenvalue weighted by Gasteiger charge is -2.14. The minimum Gasteiger partial charge on any atom is -0.316 e. The molecule has 9 heteroatoms. The number of aryl methyl sites for hydroxylation is 1. The molecule has 0 radical (unpaired) electrons. The van der Waals surface area contributed by atoms with E-state index in [1.165, 1.54) is 23.1 Å². The molecule has 0 bridgehead atoms. The predicted octanol–water partition coefficient (Wildman–Crippen LogP) is 5.95. The van der Waals surface area contributed by atoms with Crippen molar-refractivity contribution in [1.82, 2.24) is 14.8 Å². The van der Waals surface area contributed by atoms with Gasteiger partial charge in [-0.05, 0) is 61.7 Å². The van der Waals surface area contributed by atoms with E-state index >= 15 is 0 Å². The van der Waals surface area contributed by atoms with Crippen LogP contribution in [-0.2, 0) is 4.79 Å². The Kier molecular flexibility index (Phi) is 6.61. The van der Waals surface area contributed by atoms with Gasteiger partial charge in [0.05, 0.1) is 10.8 Å². The molecular formula is C23H18ClN5OS2. The van der Waals surface area contributed by atoms with E-state index in [2.05, 4.69) is 21.6 Å². The third kappa shape index (κ3) is 4.70. The second-order valence-electron chi connectivity index (χ2n) is 7.01. The maximum absolute atomic E-state index is 12.8. The highest BCUT2D eigenvalue weighted by atomic mass is 35.5. The number of hydrogen-bond donors (Lipinski definition) is 1. The predicted molar refractivity (Wildman–Crippen MR) is 130 cm³/mol. The van der Waals surface area contributed by atoms with E-state index in [9.17, 15) is 10.1 Å². The van der Waals surface area contributed by atoms with Gasteiger partial charge in [0.2, 0.25) is 5.91 Å². The first kappa shape index (κ1) is 22.1. The van der Waals surface area contributed by atoms with Gasteiger partial charge < -0.3 is 5.32 Å². The summed E-state index contributed by atoms with van der Waals surface area (Å²) in [4.78, 5) is 12.8. The topological polar surface area (TPSA) is 83.6 Å². The van der Waals surface area contributed by atoms with Crippen molar-refractivity contribution < 1.29 is 4.79 Å². The van der Waals surface area contributed by atoms with Crippen LogP contribution in [-0.4, -0.2) is 25.9 Å². The number of rotatable bonds is 6. The summed E-state index contributed by atoms with van der Waals surface area (Å²) >= 11 is 8.68. The smallest absolute Gasteiger partial charge is 0.238 e. The lowest BCUT2D eigenvalue weighted by atomic mass is 10.2. The molecule has 0 aliphatic carbocycles. The molecule has 2 aromatic heterocycles. The average Bonchev–Trinajstić information content (AvgIpc) is 3.41. The minimum atomic E-state index is -0.463. The van der Waals surface area contributed by atoms with Gasteiger partial charge in [-0.3, -0.25) is 9.36 Å². The van der Waals surface area contributed by atoms with Crippen molar-refractivity contribution in [2.75, 3.05) is 5.32 Å². The Morgan fingerprint density at radius 3 is 2.56 bits per heavy atom. The molecule has 0 saturated carbocycles. The van der Waals surface area contributed by atoms with Gasteiger partial charge in [0.25, 0.3) is 0 Å². The normalized spacial score (nSPS) is 11.7. The van der Waals surface area contributed by atoms with Crippen LogP contribution < -0.4 is 5.32 Å². The van der Waals surface area contributed by atoms with Crippen LogP contribution in [0.4, 0.5) is 5.00 Å². The van der Waals surface area contributed by atoms with Gasteiger partial charge >= 0.3 is 0 Å². The second-order valence-corrected chi connectivity index (χ2v) is 9.67. The van der Waals surface area contributed by atoms with Crippen LogP contribution >= 0.6 is 34.7 Å². The Morgan fingerprint density at radius 2 is 1.88 bits per heavy atom. The zero-order chi connectivity index (χ0) is 22.7. The Labute approximate surface area is 198 Å². The summed E-state index contributed by atoms with van der Waals surface area (Å²) in [5.74, 6) is 0.450. The number of halogens is 1. The fraction of sp³-hybridized carbons (Fsp3) is 0.130. The number of carbonyl (C=O) groups excluding carboxylic acids is 1. The number of thioether (sulfide) groups is 1. The highest BCUT2D eigenvalue weighted by molar-refractivity contribution is 8.00. The highest BCUT2D eigenvalue weighted by Gasteiger charge is 2.23. The Bertz CT molecular complexity index is 1290. The monoisotopic (exact) mass is 479 g/mol. The number of nitrogens with one attached hydrogen (secondary N) is 1. The molecule has 1 amide bonds. The van der Waals surface area contributed by atoms with Gasteiger partial charge in [-0.1, -0.05) is 41.1 Å². The fourth-order valence-electron chi connectivity index (χ4n) is 2.98. The molecule has 0 fully saturated rings. The molecule has 160 valence electrons. The number of benzene rings is 2. The average molecular weight is 480 g/mol. The van der Waals surface area contributed by atoms with E-state index in [0.29, 0.717) is 26.6 Å². The van der Waals surface area contributed by atoms with Crippen LogP contribution in [0, 0.1) is 18.3 Å². The van der Waals surface area contributed by atoms with Crippen molar-refractivity contribution in [2.24, 2.45) is 0 Å². The van der Waals surface area contributed by atoms with Gasteiger partial charge in [-0.25, -0.2) is 0 Å². The summed E-state index contributed by atoms with van der Waals surface area (Å²) in [6.45, 7) is 3.83. The number of amides is 1. The molecule has 1 unspecified atom stereocenters. The fourth-order valence-corrected chi connectivity index (χ4v) is 4.71. The van der Waals surface area contributed by atoms with E-state index in [0.717, 1.165) is 16.8 Å². The van der Waals surface area contributed by atoms with Crippen molar-refractivity contribution >= 4 is 45.6 Å². The van der Waals surface area contributed by atoms with Crippen LogP contribution in [0.25, 0.3) is 17.1 Å². The Morgan fingerprint density at radius 1 is 1.16 bits per heavy atom. The van der Waals surface area contributed by atoms with E-state index in [-0.39, 0.29) is 5.91 Å². The molecule has 4 aromatic rings. The molecule has 2 heterocycles. The SMILES string of the molecule is Cc1ccc(-n2c(SC(C)C(=O)Nc3sccc3C#N)nnc2-c2ccc(Cl)cc2)cc1. The van der Waals surface area contributed by atoms with Crippen molar-refractivity contribution in [3.8, 4) is 23.1 Å². The molecule has 2 aromatic carbocycles. The molecule has 1 atom stereocenters. The van der Waals surface area contributed by atoms with Gasteiger partial charge in [0, 0.05) is 16.3 Å². The number of carbonyl (C=O) groups is 1. The van der Waals surface area contributed by atoms with Crippen LogP contribution in [0.15, 0.2) is 65.1 Å². The summed E-state index contributed by atoms with van der Waals surface area (Å²) in [5, 5.41) is 23.9. The lowest BCUT2D eigenvalue weighted by Crippen LogP contribution is -2.22. The number of nitrogens with zero attached hydrogens (tertiary/aromatic N) is 4. The van der Waals surface area contributed by atoms with Crippen LogP contribution in [0.5, 0.6) is 0 Å². The van der Waals surface area contributed by atoms with E-state index in [1.807, 2.05) is 60.0 Å². The number of nitriles is 1. The zero-order valence-electron chi connectivity index (χ0n) is 17.2. The first-order chi connectivity index (χ1) is 15.5. The maximum atomic E-state index is 12.8. The third-order valence-electron chi connectivity index (χ3n) is 4.70. The molecular weight excluding hydrogens is 462 g/mol. The van der Waals surface area contributed by atoms with Crippen molar-refractivity contribution in [1.29, 1.82) is 5.26 Å². The molecule has 1 N–H and O–H groups in total. The summed E-state index contributed by atoms with van der Waals surface area (Å²) in [6.07, 6.45) is 0. The third-order valence-corrected chi connectivity index (χ3v) is 6.83. The van der Waals surface area contributed by atoms with Crippen molar-refractivity contribution in [2.45, 2.75) is 24.3 Å². The molecule has 0 aliphatic heterocycles. The maximum Gasteiger partial charge on any atom is 0.238 e. The van der Waals surface area contributed by atoms with Crippen molar-refractivity contribution in [3.05, 3.63) is 76.1 Å². The Balaban J connectivity index is 1.66. The Hall–Kier alpha value is -3.12. The largest absolute Gasteiger partial charge is 0.316 e. The summed E-state index contributed by atoms with van der Waals surface area (Å²) in [6, 6.07) is 19.2. The zero-order valence-corrected chi connectivity index (χ0v) is 19.6. The van der Waals surface area contributed by atoms with Gasteiger partial charge in [-0.15, -0.1) is 21.5 Å². The van der Waals surface area contributed by atoms with E-state index in [1.54, 1.807) is 18.4 Å². The molecule has 32 heavy (non-hydrogen) atoms. The summed E-state index contributed by atoms with van der Waals surface area (Å²) < 4.78 is 1.93. The van der Waals surface area contributed by atoms with Gasteiger partial charge in [0.15, 0.2) is 11.0 Å². The number of thiophene rings is 1. The number of anilines is 1. The standard InChI is InChI=1S/C23H18ClN5OS2/c1-14-3-9-19(10-4-14)29-20(16-5-7-18(24)8-6-16)27-28-23(29)32-15(2)21(30)26-22-17(13-25)11-12-31-22/h3-12,15H,1-2H3,(H,26,30). The van der Waals surface area contributed by atoms with Crippen LogP contribution in [0.1, 0.15) is 18.1 Å². The van der Waals surface area contributed by atoms with Gasteiger partial charge in [0.1, 0.15) is 11.1 Å². The number of aromatic nitrogens is 3. The molecule has 4 rings (SSSR count). The molecule has 0 saturated heterocycles. The quantitative estimate of drug-likeness (QED) is 0.345.